The predicted molar refractivity (Wildman–Crippen MR) is 129 cm³/mol. The van der Waals surface area contributed by atoms with Crippen LogP contribution in [0.15, 0.2) is 24.3 Å². The van der Waals surface area contributed by atoms with Crippen molar-refractivity contribution in [3.63, 3.8) is 0 Å². The molecule has 2 fully saturated rings. The summed E-state index contributed by atoms with van der Waals surface area (Å²) in [6, 6.07) is 7.42. The Morgan fingerprint density at radius 2 is 1.41 bits per heavy atom. The van der Waals surface area contributed by atoms with Gasteiger partial charge in [-0.15, -0.1) is 0 Å². The van der Waals surface area contributed by atoms with Crippen LogP contribution >= 0.6 is 0 Å². The lowest BCUT2D eigenvalue weighted by Gasteiger charge is -2.38. The van der Waals surface area contributed by atoms with E-state index in [2.05, 4.69) is 13.0 Å². The summed E-state index contributed by atoms with van der Waals surface area (Å²) in [6.07, 6.45) is 16.2. The summed E-state index contributed by atoms with van der Waals surface area (Å²) in [4.78, 5) is 0. The fraction of sp³-hybridized carbons (Fsp3) is 0.655. The van der Waals surface area contributed by atoms with Crippen LogP contribution in [0.2, 0.25) is 0 Å². The maximum atomic E-state index is 14.6. The van der Waals surface area contributed by atoms with E-state index in [0.717, 1.165) is 42.1 Å². The van der Waals surface area contributed by atoms with Crippen LogP contribution in [0.3, 0.4) is 0 Å². The molecule has 2 aliphatic rings. The Balaban J connectivity index is 1.28. The average molecular weight is 443 g/mol. The molecule has 2 aromatic rings. The van der Waals surface area contributed by atoms with Gasteiger partial charge in [-0.1, -0.05) is 57.6 Å². The Labute approximate surface area is 192 Å². The standard InChI is InChI=1S/C29H40F2O/c1-3-5-20-8-13-23(14-9-20)24-15-10-21(11-16-24)6-7-22-12-17-25-19-27(32-4-2)29(31)28(30)26(25)18-22/h12,17-21,23-24H,3-11,13-16H2,1-2H3. The van der Waals surface area contributed by atoms with Gasteiger partial charge in [0.15, 0.2) is 11.6 Å². The molecule has 176 valence electrons. The first-order chi connectivity index (χ1) is 15.6. The topological polar surface area (TPSA) is 9.23 Å². The number of halogens is 2. The number of ether oxygens (including phenoxy) is 1. The molecular formula is C29H40F2O. The molecule has 0 N–H and O–H groups in total. The third-order valence-electron chi connectivity index (χ3n) is 8.34. The van der Waals surface area contributed by atoms with Crippen molar-refractivity contribution < 1.29 is 13.5 Å². The molecule has 1 nitrogen and oxygen atoms in total. The van der Waals surface area contributed by atoms with Gasteiger partial charge in [0.25, 0.3) is 0 Å². The summed E-state index contributed by atoms with van der Waals surface area (Å²) in [6.45, 7) is 4.41. The van der Waals surface area contributed by atoms with Crippen LogP contribution in [0, 0.1) is 35.3 Å². The molecule has 0 aliphatic heterocycles. The smallest absolute Gasteiger partial charge is 0.201 e. The summed E-state index contributed by atoms with van der Waals surface area (Å²) in [7, 11) is 0. The van der Waals surface area contributed by atoms with Crippen LogP contribution in [-0.2, 0) is 6.42 Å². The van der Waals surface area contributed by atoms with Crippen LogP contribution in [0.25, 0.3) is 10.8 Å². The Bertz CT molecular complexity index is 876. The van der Waals surface area contributed by atoms with Crippen molar-refractivity contribution in [2.75, 3.05) is 6.61 Å². The van der Waals surface area contributed by atoms with Crippen molar-refractivity contribution in [2.45, 2.75) is 90.9 Å². The van der Waals surface area contributed by atoms with Crippen molar-refractivity contribution in [3.8, 4) is 5.75 Å². The fourth-order valence-corrected chi connectivity index (χ4v) is 6.44. The molecule has 0 amide bonds. The lowest BCUT2D eigenvalue weighted by molar-refractivity contribution is 0.141. The highest BCUT2D eigenvalue weighted by Crippen LogP contribution is 2.43. The van der Waals surface area contributed by atoms with Crippen LogP contribution in [-0.4, -0.2) is 6.61 Å². The molecule has 0 aromatic heterocycles. The molecule has 0 heterocycles. The van der Waals surface area contributed by atoms with Crippen LogP contribution in [0.5, 0.6) is 5.75 Å². The number of benzene rings is 2. The van der Waals surface area contributed by atoms with Gasteiger partial charge in [-0.25, -0.2) is 4.39 Å². The molecule has 0 spiro atoms. The van der Waals surface area contributed by atoms with Gasteiger partial charge in [0.05, 0.1) is 6.61 Å². The van der Waals surface area contributed by atoms with Gasteiger partial charge in [0.2, 0.25) is 5.82 Å². The highest BCUT2D eigenvalue weighted by atomic mass is 19.2. The lowest BCUT2D eigenvalue weighted by atomic mass is 9.68. The van der Waals surface area contributed by atoms with E-state index in [9.17, 15) is 8.78 Å². The van der Waals surface area contributed by atoms with Gasteiger partial charge in [0, 0.05) is 5.39 Å². The molecule has 2 aliphatic carbocycles. The van der Waals surface area contributed by atoms with Crippen molar-refractivity contribution in [2.24, 2.45) is 23.7 Å². The van der Waals surface area contributed by atoms with Crippen molar-refractivity contribution in [3.05, 3.63) is 41.5 Å². The van der Waals surface area contributed by atoms with Gasteiger partial charge in [-0.05, 0) is 92.2 Å². The quantitative estimate of drug-likeness (QED) is 0.397. The van der Waals surface area contributed by atoms with Gasteiger partial charge < -0.3 is 4.74 Å². The van der Waals surface area contributed by atoms with E-state index in [1.54, 1.807) is 13.0 Å². The Morgan fingerprint density at radius 3 is 2.00 bits per heavy atom. The molecule has 2 saturated carbocycles. The molecular weight excluding hydrogens is 402 g/mol. The van der Waals surface area contributed by atoms with E-state index in [-0.39, 0.29) is 5.75 Å². The zero-order chi connectivity index (χ0) is 22.5. The third kappa shape index (κ3) is 5.46. The minimum absolute atomic E-state index is 0.000796. The van der Waals surface area contributed by atoms with Gasteiger partial charge in [0.1, 0.15) is 0 Å². The van der Waals surface area contributed by atoms with Crippen molar-refractivity contribution in [1.29, 1.82) is 0 Å². The Hall–Kier alpha value is -1.64. The minimum atomic E-state index is -0.876. The molecule has 0 unspecified atom stereocenters. The SMILES string of the molecule is CCCC1CCC(C2CCC(CCc3ccc4cc(OCC)c(F)c(F)c4c3)CC2)CC1. The van der Waals surface area contributed by atoms with Crippen LogP contribution < -0.4 is 4.74 Å². The van der Waals surface area contributed by atoms with E-state index in [1.807, 2.05) is 12.1 Å². The van der Waals surface area contributed by atoms with E-state index >= 15 is 0 Å². The first kappa shape index (κ1) is 23.5. The summed E-state index contributed by atoms with van der Waals surface area (Å²) in [5.74, 6) is 2.04. The molecule has 0 atom stereocenters. The monoisotopic (exact) mass is 442 g/mol. The second-order valence-electron chi connectivity index (χ2n) is 10.4. The minimum Gasteiger partial charge on any atom is -0.491 e. The first-order valence-electron chi connectivity index (χ1n) is 13.1. The predicted octanol–water partition coefficient (Wildman–Crippen LogP) is 8.86. The zero-order valence-electron chi connectivity index (χ0n) is 20.0. The number of aryl methyl sites for hydroxylation is 1. The molecule has 4 rings (SSSR count). The van der Waals surface area contributed by atoms with Gasteiger partial charge in [-0.3, -0.25) is 0 Å². The van der Waals surface area contributed by atoms with Crippen molar-refractivity contribution >= 4 is 10.8 Å². The molecule has 0 radical (unpaired) electrons. The largest absolute Gasteiger partial charge is 0.491 e. The molecule has 3 heteroatoms. The van der Waals surface area contributed by atoms with Gasteiger partial charge >= 0.3 is 0 Å². The van der Waals surface area contributed by atoms with E-state index in [0.29, 0.717) is 17.4 Å². The van der Waals surface area contributed by atoms with Crippen LogP contribution in [0.1, 0.15) is 90.0 Å². The number of hydrogen-bond donors (Lipinski definition) is 0. The highest BCUT2D eigenvalue weighted by Gasteiger charge is 2.30. The summed E-state index contributed by atoms with van der Waals surface area (Å²) < 4.78 is 34.1. The average Bonchev–Trinajstić information content (AvgIpc) is 2.82. The van der Waals surface area contributed by atoms with E-state index < -0.39 is 11.6 Å². The zero-order valence-corrected chi connectivity index (χ0v) is 20.0. The maximum absolute atomic E-state index is 14.6. The molecule has 0 bridgehead atoms. The fourth-order valence-electron chi connectivity index (χ4n) is 6.44. The summed E-state index contributed by atoms with van der Waals surface area (Å²) in [5, 5.41) is 1.07. The second kappa shape index (κ2) is 11.0. The Kier molecular flexibility index (Phi) is 8.07. The number of fused-ring (bicyclic) bond motifs is 1. The number of hydrogen-bond acceptors (Lipinski definition) is 1. The maximum Gasteiger partial charge on any atom is 0.201 e. The van der Waals surface area contributed by atoms with E-state index in [1.165, 1.54) is 64.2 Å². The molecule has 0 saturated heterocycles. The number of rotatable bonds is 8. The summed E-state index contributed by atoms with van der Waals surface area (Å²) >= 11 is 0. The molecule has 2 aromatic carbocycles. The second-order valence-corrected chi connectivity index (χ2v) is 10.4. The normalized spacial score (nSPS) is 26.4. The lowest BCUT2D eigenvalue weighted by Crippen LogP contribution is -2.26. The van der Waals surface area contributed by atoms with Crippen molar-refractivity contribution in [1.82, 2.24) is 0 Å². The van der Waals surface area contributed by atoms with E-state index in [4.69, 9.17) is 4.74 Å². The first-order valence-corrected chi connectivity index (χ1v) is 13.1. The Morgan fingerprint density at radius 1 is 0.781 bits per heavy atom. The third-order valence-corrected chi connectivity index (χ3v) is 8.34. The van der Waals surface area contributed by atoms with Gasteiger partial charge in [-0.2, -0.15) is 4.39 Å². The summed E-state index contributed by atoms with van der Waals surface area (Å²) in [5.41, 5.74) is 1.11. The molecule has 32 heavy (non-hydrogen) atoms. The highest BCUT2D eigenvalue weighted by molar-refractivity contribution is 5.85. The van der Waals surface area contributed by atoms with Crippen LogP contribution in [0.4, 0.5) is 8.78 Å².